The zero-order chi connectivity index (χ0) is 14.2. The molecule has 2 aliphatic heterocycles. The predicted octanol–water partition coefficient (Wildman–Crippen LogP) is 2.63. The largest absolute Gasteiger partial charge is 0.493 e. The molecule has 3 nitrogen and oxygen atoms in total. The number of nitrogens with one attached hydrogen (secondary N) is 1. The average Bonchev–Trinajstić information content (AvgIpc) is 2.87. The monoisotopic (exact) mass is 274 g/mol. The molecular weight excluding hydrogens is 248 g/mol. The number of para-hydroxylation sites is 1. The van der Waals surface area contributed by atoms with Gasteiger partial charge in [0, 0.05) is 42.7 Å². The molecule has 3 heteroatoms. The van der Waals surface area contributed by atoms with Crippen molar-refractivity contribution in [3.05, 3.63) is 29.8 Å². The van der Waals surface area contributed by atoms with E-state index in [2.05, 4.69) is 55.3 Å². The van der Waals surface area contributed by atoms with Crippen molar-refractivity contribution in [1.29, 1.82) is 0 Å². The Hall–Kier alpha value is -1.06. The summed E-state index contributed by atoms with van der Waals surface area (Å²) in [6.07, 6.45) is 1.18. The number of benzene rings is 1. The third-order valence-corrected chi connectivity index (χ3v) is 5.09. The lowest BCUT2D eigenvalue weighted by molar-refractivity contribution is 0.0448. The van der Waals surface area contributed by atoms with Crippen molar-refractivity contribution >= 4 is 0 Å². The molecule has 2 aliphatic rings. The molecule has 3 unspecified atom stereocenters. The third kappa shape index (κ3) is 2.45. The summed E-state index contributed by atoms with van der Waals surface area (Å²) >= 11 is 0. The first kappa shape index (κ1) is 13.9. The van der Waals surface area contributed by atoms with Crippen LogP contribution >= 0.6 is 0 Å². The van der Waals surface area contributed by atoms with Gasteiger partial charge >= 0.3 is 0 Å². The zero-order valence-electron chi connectivity index (χ0n) is 12.9. The van der Waals surface area contributed by atoms with Gasteiger partial charge < -0.3 is 10.1 Å². The Balaban J connectivity index is 1.76. The molecule has 0 bridgehead atoms. The summed E-state index contributed by atoms with van der Waals surface area (Å²) in [7, 11) is 0. The minimum absolute atomic E-state index is 0.268. The minimum atomic E-state index is 0.268. The molecule has 2 heterocycles. The molecule has 1 aromatic carbocycles. The van der Waals surface area contributed by atoms with Crippen LogP contribution in [0.3, 0.4) is 0 Å². The Morgan fingerprint density at radius 2 is 2.20 bits per heavy atom. The van der Waals surface area contributed by atoms with Crippen LogP contribution in [0.1, 0.15) is 38.7 Å². The molecule has 1 aromatic rings. The number of fused-ring (bicyclic) bond motifs is 1. The van der Waals surface area contributed by atoms with Crippen LogP contribution in [0.4, 0.5) is 0 Å². The van der Waals surface area contributed by atoms with Crippen molar-refractivity contribution < 1.29 is 4.74 Å². The Labute approximate surface area is 122 Å². The first-order chi connectivity index (χ1) is 9.62. The van der Waals surface area contributed by atoms with Gasteiger partial charge in [-0.3, -0.25) is 4.90 Å². The van der Waals surface area contributed by atoms with E-state index in [1.165, 1.54) is 12.0 Å². The first-order valence-corrected chi connectivity index (χ1v) is 7.82. The lowest BCUT2D eigenvalue weighted by atomic mass is 9.90. The van der Waals surface area contributed by atoms with E-state index in [9.17, 15) is 0 Å². The van der Waals surface area contributed by atoms with Crippen molar-refractivity contribution in [2.45, 2.75) is 44.7 Å². The van der Waals surface area contributed by atoms with E-state index in [4.69, 9.17) is 4.74 Å². The van der Waals surface area contributed by atoms with E-state index in [1.54, 1.807) is 0 Å². The van der Waals surface area contributed by atoms with Gasteiger partial charge in [-0.1, -0.05) is 25.1 Å². The van der Waals surface area contributed by atoms with E-state index >= 15 is 0 Å². The predicted molar refractivity (Wildman–Crippen MR) is 82.4 cm³/mol. The Morgan fingerprint density at radius 3 is 3.00 bits per heavy atom. The van der Waals surface area contributed by atoms with Crippen LogP contribution < -0.4 is 10.1 Å². The number of hydrogen-bond donors (Lipinski definition) is 1. The summed E-state index contributed by atoms with van der Waals surface area (Å²) in [6.45, 7) is 11.1. The molecule has 0 spiro atoms. The summed E-state index contributed by atoms with van der Waals surface area (Å²) in [5.74, 6) is 1.60. The second-order valence-electron chi connectivity index (χ2n) is 6.58. The second kappa shape index (κ2) is 5.38. The fraction of sp³-hybridized carbons (Fsp3) is 0.647. The lowest BCUT2D eigenvalue weighted by Gasteiger charge is -2.48. The summed E-state index contributed by atoms with van der Waals surface area (Å²) in [6, 6.07) is 9.08. The van der Waals surface area contributed by atoms with Crippen molar-refractivity contribution in [1.82, 2.24) is 10.2 Å². The number of nitrogens with zero attached hydrogens (tertiary/aromatic N) is 1. The van der Waals surface area contributed by atoms with E-state index in [1.807, 2.05) is 0 Å². The molecule has 3 rings (SSSR count). The zero-order valence-corrected chi connectivity index (χ0v) is 12.9. The number of ether oxygens (including phenoxy) is 1. The fourth-order valence-corrected chi connectivity index (χ4v) is 3.41. The normalized spacial score (nSPS) is 33.8. The highest BCUT2D eigenvalue weighted by Crippen LogP contribution is 2.36. The highest BCUT2D eigenvalue weighted by Gasteiger charge is 2.37. The number of piperazine rings is 1. The molecule has 20 heavy (non-hydrogen) atoms. The molecule has 0 radical (unpaired) electrons. The summed E-state index contributed by atoms with van der Waals surface area (Å²) in [5.41, 5.74) is 1.65. The van der Waals surface area contributed by atoms with Crippen LogP contribution in [0.25, 0.3) is 0 Å². The standard InChI is InChI=1S/C17H26N2O/c1-4-17(3)12-18-13(2)9-19(17)10-14-11-20-16-8-6-5-7-15(14)16/h5-8,13-14,18H,4,9-12H2,1-3H3. The molecular formula is C17H26N2O. The summed E-state index contributed by atoms with van der Waals surface area (Å²) in [4.78, 5) is 2.67. The van der Waals surface area contributed by atoms with Crippen molar-refractivity contribution in [2.24, 2.45) is 0 Å². The summed E-state index contributed by atoms with van der Waals surface area (Å²) < 4.78 is 5.84. The molecule has 1 N–H and O–H groups in total. The molecule has 0 aromatic heterocycles. The number of hydrogen-bond acceptors (Lipinski definition) is 3. The average molecular weight is 274 g/mol. The summed E-state index contributed by atoms with van der Waals surface area (Å²) in [5, 5.41) is 3.62. The van der Waals surface area contributed by atoms with E-state index in [-0.39, 0.29) is 5.54 Å². The van der Waals surface area contributed by atoms with Gasteiger partial charge in [0.2, 0.25) is 0 Å². The topological polar surface area (TPSA) is 24.5 Å². The molecule has 0 amide bonds. The second-order valence-corrected chi connectivity index (χ2v) is 6.58. The van der Waals surface area contributed by atoms with Gasteiger partial charge in [-0.15, -0.1) is 0 Å². The van der Waals surface area contributed by atoms with Crippen molar-refractivity contribution in [2.75, 3.05) is 26.2 Å². The van der Waals surface area contributed by atoms with Crippen LogP contribution in [-0.4, -0.2) is 42.7 Å². The highest BCUT2D eigenvalue weighted by molar-refractivity contribution is 5.39. The molecule has 1 saturated heterocycles. The van der Waals surface area contributed by atoms with Crippen LogP contribution in [-0.2, 0) is 0 Å². The Kier molecular flexibility index (Phi) is 3.74. The van der Waals surface area contributed by atoms with Crippen LogP contribution in [0.5, 0.6) is 5.75 Å². The molecule has 0 saturated carbocycles. The van der Waals surface area contributed by atoms with Gasteiger partial charge in [0.25, 0.3) is 0 Å². The molecule has 110 valence electrons. The van der Waals surface area contributed by atoms with Crippen LogP contribution in [0.2, 0.25) is 0 Å². The highest BCUT2D eigenvalue weighted by atomic mass is 16.5. The number of rotatable bonds is 3. The maximum Gasteiger partial charge on any atom is 0.122 e. The van der Waals surface area contributed by atoms with Gasteiger partial charge in [0.05, 0.1) is 6.61 Å². The Bertz CT molecular complexity index is 476. The SMILES string of the molecule is CCC1(C)CNC(C)CN1CC1COc2ccccc21. The molecule has 1 fully saturated rings. The van der Waals surface area contributed by atoms with Crippen LogP contribution in [0.15, 0.2) is 24.3 Å². The van der Waals surface area contributed by atoms with E-state index in [0.717, 1.165) is 32.0 Å². The molecule has 0 aliphatic carbocycles. The maximum absolute atomic E-state index is 5.84. The van der Waals surface area contributed by atoms with Gasteiger partial charge in [0.1, 0.15) is 5.75 Å². The van der Waals surface area contributed by atoms with Crippen molar-refractivity contribution in [3.63, 3.8) is 0 Å². The van der Waals surface area contributed by atoms with Gasteiger partial charge in [-0.25, -0.2) is 0 Å². The fourth-order valence-electron chi connectivity index (χ4n) is 3.41. The quantitative estimate of drug-likeness (QED) is 0.917. The van der Waals surface area contributed by atoms with Gasteiger partial charge in [-0.05, 0) is 26.3 Å². The minimum Gasteiger partial charge on any atom is -0.493 e. The maximum atomic E-state index is 5.84. The van der Waals surface area contributed by atoms with Gasteiger partial charge in [0.15, 0.2) is 0 Å². The van der Waals surface area contributed by atoms with E-state index < -0.39 is 0 Å². The molecule has 3 atom stereocenters. The van der Waals surface area contributed by atoms with Crippen molar-refractivity contribution in [3.8, 4) is 5.75 Å². The van der Waals surface area contributed by atoms with Gasteiger partial charge in [-0.2, -0.15) is 0 Å². The lowest BCUT2D eigenvalue weighted by Crippen LogP contribution is -2.63. The third-order valence-electron chi connectivity index (χ3n) is 5.09. The first-order valence-electron chi connectivity index (χ1n) is 7.82. The smallest absolute Gasteiger partial charge is 0.122 e. The van der Waals surface area contributed by atoms with Crippen LogP contribution in [0, 0.1) is 0 Å². The van der Waals surface area contributed by atoms with E-state index in [0.29, 0.717) is 12.0 Å². The Morgan fingerprint density at radius 1 is 1.40 bits per heavy atom.